The lowest BCUT2D eigenvalue weighted by atomic mass is 10.2. The number of hydrogen-bond acceptors (Lipinski definition) is 4. The summed E-state index contributed by atoms with van der Waals surface area (Å²) in [5, 5.41) is 13.8. The second kappa shape index (κ2) is 7.31. The Labute approximate surface area is 130 Å². The van der Waals surface area contributed by atoms with Crippen LogP contribution in [0.2, 0.25) is 0 Å². The Kier molecular flexibility index (Phi) is 5.43. The fraction of sp³-hybridized carbons (Fsp3) is 0.214. The van der Waals surface area contributed by atoms with E-state index in [9.17, 15) is 0 Å². The first-order chi connectivity index (χ1) is 9.69. The van der Waals surface area contributed by atoms with Crippen molar-refractivity contribution in [1.82, 2.24) is 0 Å². The lowest BCUT2D eigenvalue weighted by molar-refractivity contribution is 0.317. The predicted octanol–water partition coefficient (Wildman–Crippen LogP) is 3.65. The third-order valence-corrected chi connectivity index (χ3v) is 4.54. The number of thiophene rings is 1. The van der Waals surface area contributed by atoms with Gasteiger partial charge >= 0.3 is 0 Å². The average molecular weight is 354 g/mol. The maximum absolute atomic E-state index is 8.65. The van der Waals surface area contributed by atoms with E-state index < -0.39 is 0 Å². The van der Waals surface area contributed by atoms with Crippen molar-refractivity contribution in [3.63, 3.8) is 0 Å². The van der Waals surface area contributed by atoms with Gasteiger partial charge in [-0.25, -0.2) is 0 Å². The molecular weight excluding hydrogens is 338 g/mol. The third kappa shape index (κ3) is 4.25. The quantitative estimate of drug-likeness (QED) is 0.360. The Morgan fingerprint density at radius 2 is 2.10 bits per heavy atom. The van der Waals surface area contributed by atoms with Gasteiger partial charge in [0.2, 0.25) is 0 Å². The normalized spacial score (nSPS) is 11.6. The Bertz CT molecular complexity index is 571. The molecule has 1 aromatic carbocycles. The van der Waals surface area contributed by atoms with E-state index in [1.807, 2.05) is 18.2 Å². The highest BCUT2D eigenvalue weighted by Crippen LogP contribution is 2.24. The number of nitrogens with zero attached hydrogens (tertiary/aromatic N) is 2. The van der Waals surface area contributed by atoms with Gasteiger partial charge < -0.3 is 15.8 Å². The standard InChI is InChI=1S/C14H16BrN3OS/c15-11-8-13(20-10-11)9-18(7-6-14(16)17-19)12-4-2-1-3-5-12/h1-5,8,10,19H,6-7,9H2,(H2,16,17). The van der Waals surface area contributed by atoms with Crippen LogP contribution in [-0.2, 0) is 6.54 Å². The van der Waals surface area contributed by atoms with Crippen LogP contribution in [0.4, 0.5) is 5.69 Å². The van der Waals surface area contributed by atoms with Crippen LogP contribution in [0.25, 0.3) is 0 Å². The van der Waals surface area contributed by atoms with E-state index in [1.165, 1.54) is 4.88 Å². The van der Waals surface area contributed by atoms with Gasteiger partial charge in [-0.1, -0.05) is 23.4 Å². The molecule has 0 radical (unpaired) electrons. The number of hydrogen-bond donors (Lipinski definition) is 2. The zero-order valence-electron chi connectivity index (χ0n) is 10.9. The zero-order chi connectivity index (χ0) is 14.4. The molecule has 0 saturated carbocycles. The first-order valence-electron chi connectivity index (χ1n) is 6.18. The van der Waals surface area contributed by atoms with Gasteiger partial charge in [-0.3, -0.25) is 0 Å². The van der Waals surface area contributed by atoms with Gasteiger partial charge in [-0.15, -0.1) is 11.3 Å². The number of amidine groups is 1. The first-order valence-corrected chi connectivity index (χ1v) is 7.85. The summed E-state index contributed by atoms with van der Waals surface area (Å²) >= 11 is 5.18. The molecule has 1 heterocycles. The Morgan fingerprint density at radius 1 is 1.35 bits per heavy atom. The number of halogens is 1. The van der Waals surface area contributed by atoms with E-state index in [-0.39, 0.29) is 5.84 Å². The number of rotatable bonds is 6. The highest BCUT2D eigenvalue weighted by Gasteiger charge is 2.09. The second-order valence-electron chi connectivity index (χ2n) is 4.33. The topological polar surface area (TPSA) is 61.8 Å². The van der Waals surface area contributed by atoms with Gasteiger partial charge in [0.15, 0.2) is 0 Å². The zero-order valence-corrected chi connectivity index (χ0v) is 13.3. The van der Waals surface area contributed by atoms with Crippen LogP contribution in [0.3, 0.4) is 0 Å². The minimum Gasteiger partial charge on any atom is -0.409 e. The Balaban J connectivity index is 2.11. The summed E-state index contributed by atoms with van der Waals surface area (Å²) in [6, 6.07) is 12.3. The Hall–Kier alpha value is -1.53. The maximum Gasteiger partial charge on any atom is 0.140 e. The van der Waals surface area contributed by atoms with Crippen LogP contribution >= 0.6 is 27.3 Å². The van der Waals surface area contributed by atoms with E-state index in [2.05, 4.69) is 49.6 Å². The molecule has 0 aliphatic heterocycles. The molecule has 106 valence electrons. The smallest absolute Gasteiger partial charge is 0.140 e. The third-order valence-electron chi connectivity index (χ3n) is 2.86. The molecule has 0 amide bonds. The number of benzene rings is 1. The highest BCUT2D eigenvalue weighted by atomic mass is 79.9. The molecule has 1 aromatic heterocycles. The van der Waals surface area contributed by atoms with Gasteiger partial charge in [0.05, 0.1) is 6.54 Å². The van der Waals surface area contributed by atoms with Crippen LogP contribution in [0, 0.1) is 0 Å². The van der Waals surface area contributed by atoms with E-state index in [0.29, 0.717) is 13.0 Å². The molecule has 2 rings (SSSR count). The maximum atomic E-state index is 8.65. The minimum atomic E-state index is 0.248. The van der Waals surface area contributed by atoms with E-state index in [4.69, 9.17) is 10.9 Å². The van der Waals surface area contributed by atoms with Crippen LogP contribution in [0.1, 0.15) is 11.3 Å². The van der Waals surface area contributed by atoms with Crippen molar-refractivity contribution >= 4 is 38.8 Å². The van der Waals surface area contributed by atoms with Gasteiger partial charge in [0, 0.05) is 33.4 Å². The van der Waals surface area contributed by atoms with Crippen molar-refractivity contribution in [1.29, 1.82) is 0 Å². The molecule has 0 bridgehead atoms. The van der Waals surface area contributed by atoms with Gasteiger partial charge in [0.25, 0.3) is 0 Å². The fourth-order valence-corrected chi connectivity index (χ4v) is 3.33. The summed E-state index contributed by atoms with van der Waals surface area (Å²) < 4.78 is 1.10. The van der Waals surface area contributed by atoms with Gasteiger partial charge in [-0.05, 0) is 34.1 Å². The summed E-state index contributed by atoms with van der Waals surface area (Å²) in [7, 11) is 0. The summed E-state index contributed by atoms with van der Waals surface area (Å²) in [6.07, 6.45) is 0.526. The molecule has 0 unspecified atom stereocenters. The van der Waals surface area contributed by atoms with Crippen LogP contribution < -0.4 is 10.6 Å². The van der Waals surface area contributed by atoms with Crippen LogP contribution in [0.5, 0.6) is 0 Å². The molecular formula is C14H16BrN3OS. The summed E-state index contributed by atoms with van der Waals surface area (Å²) in [6.45, 7) is 1.51. The minimum absolute atomic E-state index is 0.248. The van der Waals surface area contributed by atoms with E-state index in [1.54, 1.807) is 11.3 Å². The van der Waals surface area contributed by atoms with Crippen molar-refractivity contribution < 1.29 is 5.21 Å². The lowest BCUT2D eigenvalue weighted by Crippen LogP contribution is -2.27. The number of nitrogens with two attached hydrogens (primary N) is 1. The molecule has 0 spiro atoms. The monoisotopic (exact) mass is 353 g/mol. The molecule has 6 heteroatoms. The molecule has 4 nitrogen and oxygen atoms in total. The first kappa shape index (κ1) is 14.9. The van der Waals surface area contributed by atoms with Crippen molar-refractivity contribution in [2.75, 3.05) is 11.4 Å². The van der Waals surface area contributed by atoms with Crippen molar-refractivity contribution in [2.24, 2.45) is 10.9 Å². The Morgan fingerprint density at radius 3 is 2.70 bits per heavy atom. The number of oxime groups is 1. The van der Waals surface area contributed by atoms with Crippen molar-refractivity contribution in [3.05, 3.63) is 51.1 Å². The van der Waals surface area contributed by atoms with Crippen molar-refractivity contribution in [2.45, 2.75) is 13.0 Å². The molecule has 2 aromatic rings. The largest absolute Gasteiger partial charge is 0.409 e. The summed E-state index contributed by atoms with van der Waals surface area (Å²) in [4.78, 5) is 3.48. The summed E-state index contributed by atoms with van der Waals surface area (Å²) in [5.74, 6) is 0.248. The van der Waals surface area contributed by atoms with Gasteiger partial charge in [-0.2, -0.15) is 0 Å². The molecule has 0 fully saturated rings. The highest BCUT2D eigenvalue weighted by molar-refractivity contribution is 9.10. The number of para-hydroxylation sites is 1. The van der Waals surface area contributed by atoms with E-state index in [0.717, 1.165) is 16.7 Å². The molecule has 0 atom stereocenters. The SMILES string of the molecule is NC(CCN(Cc1cc(Br)cs1)c1ccccc1)=NO. The predicted molar refractivity (Wildman–Crippen MR) is 87.5 cm³/mol. The number of anilines is 1. The molecule has 3 N–H and O–H groups in total. The average Bonchev–Trinajstić information content (AvgIpc) is 2.89. The van der Waals surface area contributed by atoms with E-state index >= 15 is 0 Å². The second-order valence-corrected chi connectivity index (χ2v) is 6.24. The fourth-order valence-electron chi connectivity index (χ4n) is 1.86. The van der Waals surface area contributed by atoms with Crippen LogP contribution in [0.15, 0.2) is 51.4 Å². The summed E-state index contributed by atoms with van der Waals surface area (Å²) in [5.41, 5.74) is 6.69. The molecule has 0 saturated heterocycles. The lowest BCUT2D eigenvalue weighted by Gasteiger charge is -2.24. The molecule has 20 heavy (non-hydrogen) atoms. The molecule has 0 aliphatic carbocycles. The van der Waals surface area contributed by atoms with Crippen LogP contribution in [-0.4, -0.2) is 17.6 Å². The van der Waals surface area contributed by atoms with Crippen molar-refractivity contribution in [3.8, 4) is 0 Å². The van der Waals surface area contributed by atoms with Gasteiger partial charge in [0.1, 0.15) is 5.84 Å². The molecule has 0 aliphatic rings.